The van der Waals surface area contributed by atoms with Gasteiger partial charge in [-0.1, -0.05) is 35.4 Å². The van der Waals surface area contributed by atoms with Crippen LogP contribution < -0.4 is 4.74 Å². The minimum Gasteiger partial charge on any atom is -0.484 e. The number of nitrogens with zero attached hydrogens (tertiary/aromatic N) is 4. The zero-order chi connectivity index (χ0) is 16.8. The molecule has 0 bridgehead atoms. The van der Waals surface area contributed by atoms with Gasteiger partial charge in [-0.3, -0.25) is 0 Å². The summed E-state index contributed by atoms with van der Waals surface area (Å²) in [5.41, 5.74) is 0. The summed E-state index contributed by atoms with van der Waals surface area (Å²) < 4.78 is 16.2. The number of thioether (sulfide) groups is 1. The van der Waals surface area contributed by atoms with Crippen molar-refractivity contribution in [3.8, 4) is 5.75 Å². The Morgan fingerprint density at radius 3 is 2.79 bits per heavy atom. The van der Waals surface area contributed by atoms with E-state index in [1.807, 2.05) is 0 Å². The van der Waals surface area contributed by atoms with Crippen LogP contribution in [0.3, 0.4) is 0 Å². The molecule has 0 unspecified atom stereocenters. The maximum absolute atomic E-state index is 5.82. The lowest BCUT2D eigenvalue weighted by Gasteiger charge is -2.02. The average Bonchev–Trinajstić information content (AvgIpc) is 3.22. The Kier molecular flexibility index (Phi) is 5.71. The number of hydrogen-bond donors (Lipinski definition) is 0. The highest BCUT2D eigenvalue weighted by atomic mass is 35.5. The first kappa shape index (κ1) is 16.8. The smallest absolute Gasteiger partial charge is 0.277 e. The Morgan fingerprint density at radius 2 is 2.00 bits per heavy atom. The van der Waals surface area contributed by atoms with Gasteiger partial charge in [-0.15, -0.1) is 10.2 Å². The molecule has 9 heteroatoms. The molecule has 7 nitrogen and oxygen atoms in total. The molecular weight excluding hydrogens is 352 g/mol. The minimum atomic E-state index is 0.191. The third kappa shape index (κ3) is 4.72. The summed E-state index contributed by atoms with van der Waals surface area (Å²) in [6, 6.07) is 7.06. The predicted octanol–water partition coefficient (Wildman–Crippen LogP) is 3.93. The van der Waals surface area contributed by atoms with E-state index in [0.29, 0.717) is 33.5 Å². The quantitative estimate of drug-likeness (QED) is 0.554. The first-order chi connectivity index (χ1) is 11.7. The van der Waals surface area contributed by atoms with Crippen molar-refractivity contribution in [1.29, 1.82) is 0 Å². The van der Waals surface area contributed by atoms with Crippen molar-refractivity contribution in [2.75, 3.05) is 0 Å². The van der Waals surface area contributed by atoms with Crippen molar-refractivity contribution in [3.63, 3.8) is 0 Å². The van der Waals surface area contributed by atoms with Crippen molar-refractivity contribution in [2.24, 2.45) is 0 Å². The maximum Gasteiger partial charge on any atom is 0.277 e. The van der Waals surface area contributed by atoms with Crippen molar-refractivity contribution in [2.45, 2.75) is 37.3 Å². The van der Waals surface area contributed by atoms with Crippen molar-refractivity contribution >= 4 is 23.4 Å². The molecule has 0 spiro atoms. The number of halogens is 1. The summed E-state index contributed by atoms with van der Waals surface area (Å²) in [7, 11) is 0. The second-order valence-electron chi connectivity index (χ2n) is 4.85. The molecule has 0 N–H and O–H groups in total. The van der Waals surface area contributed by atoms with Gasteiger partial charge in [0.15, 0.2) is 12.4 Å². The molecule has 0 aliphatic heterocycles. The lowest BCUT2D eigenvalue weighted by Crippen LogP contribution is -1.95. The first-order valence-electron chi connectivity index (χ1n) is 7.38. The van der Waals surface area contributed by atoms with E-state index in [0.717, 1.165) is 18.7 Å². The van der Waals surface area contributed by atoms with Crippen molar-refractivity contribution in [1.82, 2.24) is 20.3 Å². The molecule has 24 heavy (non-hydrogen) atoms. The largest absolute Gasteiger partial charge is 0.484 e. The van der Waals surface area contributed by atoms with Gasteiger partial charge in [0, 0.05) is 11.4 Å². The number of benzene rings is 1. The van der Waals surface area contributed by atoms with E-state index >= 15 is 0 Å². The highest BCUT2D eigenvalue weighted by molar-refractivity contribution is 7.98. The van der Waals surface area contributed by atoms with E-state index in [2.05, 4.69) is 27.3 Å². The average molecular weight is 367 g/mol. The molecule has 2 aromatic heterocycles. The predicted molar refractivity (Wildman–Crippen MR) is 87.9 cm³/mol. The monoisotopic (exact) mass is 366 g/mol. The molecule has 0 saturated carbocycles. The molecule has 0 radical (unpaired) electrons. The highest BCUT2D eigenvalue weighted by Gasteiger charge is 2.11. The van der Waals surface area contributed by atoms with Gasteiger partial charge in [0.2, 0.25) is 5.89 Å². The maximum atomic E-state index is 5.82. The van der Waals surface area contributed by atoms with Crippen LogP contribution in [0.5, 0.6) is 5.75 Å². The Labute approximate surface area is 147 Å². The zero-order valence-corrected chi connectivity index (χ0v) is 14.5. The Hall–Kier alpha value is -2.06. The molecule has 0 atom stereocenters. The SMILES string of the molecule is CCCc1noc(CSc2nnc(COc3ccc(Cl)cc3)o2)n1. The molecule has 0 saturated heterocycles. The van der Waals surface area contributed by atoms with Gasteiger partial charge >= 0.3 is 0 Å². The van der Waals surface area contributed by atoms with Gasteiger partial charge in [-0.2, -0.15) is 4.98 Å². The van der Waals surface area contributed by atoms with E-state index in [4.69, 9.17) is 25.3 Å². The minimum absolute atomic E-state index is 0.191. The summed E-state index contributed by atoms with van der Waals surface area (Å²) >= 11 is 7.16. The van der Waals surface area contributed by atoms with E-state index in [1.165, 1.54) is 11.8 Å². The normalized spacial score (nSPS) is 10.9. The molecule has 0 aliphatic rings. The zero-order valence-electron chi connectivity index (χ0n) is 12.9. The Morgan fingerprint density at radius 1 is 1.17 bits per heavy atom. The van der Waals surface area contributed by atoms with Gasteiger partial charge in [0.05, 0.1) is 5.75 Å². The van der Waals surface area contributed by atoms with Crippen LogP contribution in [0.1, 0.15) is 31.0 Å². The lowest BCUT2D eigenvalue weighted by molar-refractivity contribution is 0.252. The van der Waals surface area contributed by atoms with Crippen LogP contribution in [-0.4, -0.2) is 20.3 Å². The van der Waals surface area contributed by atoms with Crippen molar-refractivity contribution in [3.05, 3.63) is 46.9 Å². The molecular formula is C15H15ClN4O3S. The number of aryl methyl sites for hydroxylation is 1. The fraction of sp³-hybridized carbons (Fsp3) is 0.333. The third-order valence-electron chi connectivity index (χ3n) is 2.93. The molecule has 0 aliphatic carbocycles. The summed E-state index contributed by atoms with van der Waals surface area (Å²) in [6.07, 6.45) is 1.79. The highest BCUT2D eigenvalue weighted by Crippen LogP contribution is 2.22. The fourth-order valence-corrected chi connectivity index (χ4v) is 2.57. The number of hydrogen-bond acceptors (Lipinski definition) is 8. The summed E-state index contributed by atoms with van der Waals surface area (Å²) in [5.74, 6) is 2.82. The number of rotatable bonds is 8. The van der Waals surface area contributed by atoms with Crippen LogP contribution in [0.25, 0.3) is 0 Å². The second-order valence-corrected chi connectivity index (χ2v) is 6.21. The second kappa shape index (κ2) is 8.16. The van der Waals surface area contributed by atoms with E-state index in [1.54, 1.807) is 24.3 Å². The van der Waals surface area contributed by atoms with Crippen LogP contribution in [0.2, 0.25) is 5.02 Å². The van der Waals surface area contributed by atoms with Crippen LogP contribution >= 0.6 is 23.4 Å². The van der Waals surface area contributed by atoms with Crippen molar-refractivity contribution < 1.29 is 13.7 Å². The third-order valence-corrected chi connectivity index (χ3v) is 3.98. The molecule has 3 aromatic rings. The lowest BCUT2D eigenvalue weighted by atomic mass is 10.3. The van der Waals surface area contributed by atoms with E-state index < -0.39 is 0 Å². The number of ether oxygens (including phenoxy) is 1. The Bertz CT molecular complexity index is 775. The molecule has 0 fully saturated rings. The van der Waals surface area contributed by atoms with Gasteiger partial charge in [0.25, 0.3) is 11.1 Å². The molecule has 3 rings (SSSR count). The molecule has 0 amide bonds. The van der Waals surface area contributed by atoms with Crippen LogP contribution in [0, 0.1) is 0 Å². The molecule has 126 valence electrons. The summed E-state index contributed by atoms with van der Waals surface area (Å²) in [5, 5.41) is 12.9. The Balaban J connectivity index is 1.48. The summed E-state index contributed by atoms with van der Waals surface area (Å²) in [4.78, 5) is 4.28. The van der Waals surface area contributed by atoms with E-state index in [9.17, 15) is 0 Å². The molecule has 2 heterocycles. The van der Waals surface area contributed by atoms with Gasteiger partial charge in [-0.25, -0.2) is 0 Å². The first-order valence-corrected chi connectivity index (χ1v) is 8.74. The number of aromatic nitrogens is 4. The van der Waals surface area contributed by atoms with Gasteiger partial charge in [0.1, 0.15) is 5.75 Å². The van der Waals surface area contributed by atoms with Crippen LogP contribution in [0.4, 0.5) is 0 Å². The van der Waals surface area contributed by atoms with Gasteiger partial charge in [-0.05, 0) is 30.7 Å². The van der Waals surface area contributed by atoms with Gasteiger partial charge < -0.3 is 13.7 Å². The standard InChI is InChI=1S/C15H15ClN4O3S/c1-2-3-12-17-14(23-20-12)9-24-15-19-18-13(22-15)8-21-11-6-4-10(16)5-7-11/h4-7H,2-3,8-9H2,1H3. The molecule has 1 aromatic carbocycles. The fourth-order valence-electron chi connectivity index (χ4n) is 1.83. The van der Waals surface area contributed by atoms with Crippen LogP contribution in [-0.2, 0) is 18.8 Å². The van der Waals surface area contributed by atoms with E-state index in [-0.39, 0.29) is 6.61 Å². The topological polar surface area (TPSA) is 87.1 Å². The van der Waals surface area contributed by atoms with Crippen LogP contribution in [0.15, 0.2) is 38.4 Å². The summed E-state index contributed by atoms with van der Waals surface area (Å²) in [6.45, 7) is 2.26.